The van der Waals surface area contributed by atoms with Crippen LogP contribution < -0.4 is 14.2 Å². The first kappa shape index (κ1) is 17.4. The molecule has 2 aliphatic rings. The Hall–Kier alpha value is -2.66. The molecule has 5 heteroatoms. The Bertz CT molecular complexity index is 1090. The van der Waals surface area contributed by atoms with E-state index in [4.69, 9.17) is 14.2 Å². The zero-order valence-corrected chi connectivity index (χ0v) is 16.5. The Labute approximate surface area is 164 Å². The van der Waals surface area contributed by atoms with Gasteiger partial charge in [-0.3, -0.25) is 4.90 Å². The van der Waals surface area contributed by atoms with E-state index in [0.29, 0.717) is 17.5 Å². The van der Waals surface area contributed by atoms with Gasteiger partial charge in [0.25, 0.3) is 0 Å². The van der Waals surface area contributed by atoms with Crippen molar-refractivity contribution in [1.29, 1.82) is 0 Å². The highest BCUT2D eigenvalue weighted by atomic mass is 16.5. The number of ether oxygens (including phenoxy) is 3. The van der Waals surface area contributed by atoms with Gasteiger partial charge in [0.05, 0.1) is 21.3 Å². The van der Waals surface area contributed by atoms with Crippen LogP contribution in [0.2, 0.25) is 0 Å². The van der Waals surface area contributed by atoms with Crippen LogP contribution in [-0.2, 0) is 13.0 Å². The van der Waals surface area contributed by atoms with Gasteiger partial charge in [-0.15, -0.1) is 0 Å². The Kier molecular flexibility index (Phi) is 4.02. The number of hydrogen-bond donors (Lipinski definition) is 1. The fraction of sp³-hybridized carbons (Fsp3) is 0.391. The molecule has 3 aromatic carbocycles. The van der Waals surface area contributed by atoms with Crippen LogP contribution in [-0.4, -0.2) is 43.9 Å². The van der Waals surface area contributed by atoms with Gasteiger partial charge < -0.3 is 19.3 Å². The van der Waals surface area contributed by atoms with Crippen molar-refractivity contribution >= 4 is 21.5 Å². The lowest BCUT2D eigenvalue weighted by Gasteiger charge is -2.33. The summed E-state index contributed by atoms with van der Waals surface area (Å²) in [6.07, 6.45) is 3.56. The fourth-order valence-corrected chi connectivity index (χ4v) is 5.14. The third kappa shape index (κ3) is 2.35. The number of nitrogens with zero attached hydrogens (tertiary/aromatic N) is 1. The Balaban J connectivity index is 1.94. The van der Waals surface area contributed by atoms with Crippen molar-refractivity contribution < 1.29 is 19.3 Å². The first-order chi connectivity index (χ1) is 13.7. The summed E-state index contributed by atoms with van der Waals surface area (Å²) in [5.74, 6) is 2.08. The highest BCUT2D eigenvalue weighted by Crippen LogP contribution is 2.47. The van der Waals surface area contributed by atoms with Gasteiger partial charge >= 0.3 is 0 Å². The van der Waals surface area contributed by atoms with E-state index < -0.39 is 0 Å². The van der Waals surface area contributed by atoms with Crippen LogP contribution in [0.3, 0.4) is 0 Å². The van der Waals surface area contributed by atoms with Gasteiger partial charge in [0, 0.05) is 18.0 Å². The summed E-state index contributed by atoms with van der Waals surface area (Å²) >= 11 is 0. The molecule has 0 unspecified atom stereocenters. The van der Waals surface area contributed by atoms with E-state index in [1.165, 1.54) is 24.0 Å². The van der Waals surface area contributed by atoms with Crippen LogP contribution in [0.4, 0.5) is 0 Å². The van der Waals surface area contributed by atoms with Crippen LogP contribution >= 0.6 is 0 Å². The molecule has 0 saturated carbocycles. The van der Waals surface area contributed by atoms with Crippen LogP contribution in [0.25, 0.3) is 21.5 Å². The number of benzene rings is 3. The maximum atomic E-state index is 10.5. The first-order valence-electron chi connectivity index (χ1n) is 9.79. The highest BCUT2D eigenvalue weighted by Gasteiger charge is 2.33. The topological polar surface area (TPSA) is 51.2 Å². The van der Waals surface area contributed by atoms with E-state index in [1.807, 2.05) is 12.1 Å². The Morgan fingerprint density at radius 2 is 1.68 bits per heavy atom. The molecule has 5 nitrogen and oxygen atoms in total. The number of methoxy groups -OCH3 is 3. The third-order valence-electron chi connectivity index (χ3n) is 6.45. The monoisotopic (exact) mass is 379 g/mol. The van der Waals surface area contributed by atoms with E-state index in [-0.39, 0.29) is 5.75 Å². The van der Waals surface area contributed by atoms with Crippen molar-refractivity contribution in [3.8, 4) is 23.0 Å². The summed E-state index contributed by atoms with van der Waals surface area (Å²) in [6, 6.07) is 8.48. The molecule has 2 aliphatic heterocycles. The SMILES string of the molecule is COc1cc2c3c(c4ccc(O)c(OC)c4c2cc1OC)CN1CCC[C@H]1C3. The molecule has 1 saturated heterocycles. The zero-order valence-electron chi connectivity index (χ0n) is 16.5. The summed E-state index contributed by atoms with van der Waals surface area (Å²) in [5, 5.41) is 14.7. The molecule has 28 heavy (non-hydrogen) atoms. The summed E-state index contributed by atoms with van der Waals surface area (Å²) in [7, 11) is 4.93. The van der Waals surface area contributed by atoms with Gasteiger partial charge in [-0.05, 0) is 71.3 Å². The van der Waals surface area contributed by atoms with Crippen molar-refractivity contribution in [3.05, 3.63) is 35.4 Å². The van der Waals surface area contributed by atoms with Gasteiger partial charge in [0.2, 0.25) is 0 Å². The van der Waals surface area contributed by atoms with Crippen molar-refractivity contribution in [2.45, 2.75) is 31.8 Å². The normalized spacial score (nSPS) is 18.9. The van der Waals surface area contributed by atoms with Crippen LogP contribution in [0.15, 0.2) is 24.3 Å². The average Bonchev–Trinajstić information content (AvgIpc) is 3.18. The van der Waals surface area contributed by atoms with Crippen molar-refractivity contribution in [2.24, 2.45) is 0 Å². The van der Waals surface area contributed by atoms with Gasteiger partial charge in [-0.2, -0.15) is 0 Å². The number of hydrogen-bond acceptors (Lipinski definition) is 5. The molecule has 2 heterocycles. The molecule has 0 amide bonds. The van der Waals surface area contributed by atoms with E-state index >= 15 is 0 Å². The lowest BCUT2D eigenvalue weighted by atomic mass is 9.85. The molecule has 0 bridgehead atoms. The predicted octanol–water partition coefficient (Wildman–Crippen LogP) is 4.24. The standard InChI is InChI=1S/C23H25NO4/c1-26-20-10-16-15-9-13-5-4-8-24(13)12-18(15)14-6-7-19(25)23(28-3)22(14)17(16)11-21(20)27-2/h6-7,10-11,13,25H,4-5,8-9,12H2,1-3H3/t13-/m0/s1. The average molecular weight is 379 g/mol. The minimum Gasteiger partial charge on any atom is -0.504 e. The minimum atomic E-state index is 0.154. The Morgan fingerprint density at radius 3 is 2.39 bits per heavy atom. The van der Waals surface area contributed by atoms with Crippen molar-refractivity contribution in [1.82, 2.24) is 4.90 Å². The molecule has 0 aliphatic carbocycles. The van der Waals surface area contributed by atoms with Crippen LogP contribution in [0.5, 0.6) is 23.0 Å². The molecule has 0 radical (unpaired) electrons. The van der Waals surface area contributed by atoms with Crippen molar-refractivity contribution in [2.75, 3.05) is 27.9 Å². The highest BCUT2D eigenvalue weighted by molar-refractivity contribution is 6.15. The smallest absolute Gasteiger partial charge is 0.168 e. The number of fused-ring (bicyclic) bond motifs is 7. The second kappa shape index (κ2) is 6.45. The molecule has 5 rings (SSSR count). The minimum absolute atomic E-state index is 0.154. The predicted molar refractivity (Wildman–Crippen MR) is 110 cm³/mol. The third-order valence-corrected chi connectivity index (χ3v) is 6.45. The van der Waals surface area contributed by atoms with Gasteiger partial charge in [-0.1, -0.05) is 6.07 Å². The molecule has 3 aromatic rings. The molecule has 146 valence electrons. The number of phenols is 1. The van der Waals surface area contributed by atoms with E-state index in [2.05, 4.69) is 11.0 Å². The summed E-state index contributed by atoms with van der Waals surface area (Å²) in [4.78, 5) is 2.59. The zero-order chi connectivity index (χ0) is 19.4. The fourth-order valence-electron chi connectivity index (χ4n) is 5.14. The molecule has 1 fully saturated rings. The second-order valence-electron chi connectivity index (χ2n) is 7.72. The van der Waals surface area contributed by atoms with Gasteiger partial charge in [-0.25, -0.2) is 0 Å². The van der Waals surface area contributed by atoms with Gasteiger partial charge in [0.1, 0.15) is 0 Å². The maximum Gasteiger partial charge on any atom is 0.168 e. The van der Waals surface area contributed by atoms with E-state index in [1.54, 1.807) is 27.4 Å². The first-order valence-corrected chi connectivity index (χ1v) is 9.79. The Morgan fingerprint density at radius 1 is 0.929 bits per heavy atom. The number of rotatable bonds is 3. The maximum absolute atomic E-state index is 10.5. The largest absolute Gasteiger partial charge is 0.504 e. The van der Waals surface area contributed by atoms with E-state index in [0.717, 1.165) is 46.8 Å². The summed E-state index contributed by atoms with van der Waals surface area (Å²) in [6.45, 7) is 2.10. The number of phenolic OH excluding ortho intramolecular Hbond substituents is 1. The molecular weight excluding hydrogens is 354 g/mol. The molecule has 1 N–H and O–H groups in total. The quantitative estimate of drug-likeness (QED) is 0.690. The van der Waals surface area contributed by atoms with Crippen LogP contribution in [0, 0.1) is 0 Å². The lowest BCUT2D eigenvalue weighted by Crippen LogP contribution is -2.35. The molecule has 0 spiro atoms. The molecular formula is C23H25NO4. The molecule has 1 atom stereocenters. The summed E-state index contributed by atoms with van der Waals surface area (Å²) in [5.41, 5.74) is 2.73. The molecule has 0 aromatic heterocycles. The lowest BCUT2D eigenvalue weighted by molar-refractivity contribution is 0.229. The number of aromatic hydroxyl groups is 1. The van der Waals surface area contributed by atoms with E-state index in [9.17, 15) is 5.11 Å². The van der Waals surface area contributed by atoms with Gasteiger partial charge in [0.15, 0.2) is 23.0 Å². The second-order valence-corrected chi connectivity index (χ2v) is 7.72. The van der Waals surface area contributed by atoms with Crippen molar-refractivity contribution in [3.63, 3.8) is 0 Å². The van der Waals surface area contributed by atoms with Crippen LogP contribution in [0.1, 0.15) is 24.0 Å². The summed E-state index contributed by atoms with van der Waals surface area (Å²) < 4.78 is 16.8.